The Bertz CT molecular complexity index is 323. The maximum atomic E-state index is 3.49. The summed E-state index contributed by atoms with van der Waals surface area (Å²) in [6.45, 7) is 7.16. The van der Waals surface area contributed by atoms with Crippen LogP contribution in [0.1, 0.15) is 58.4 Å². The third kappa shape index (κ3) is 1.90. The van der Waals surface area contributed by atoms with Crippen molar-refractivity contribution in [3.05, 3.63) is 35.9 Å². The van der Waals surface area contributed by atoms with E-state index >= 15 is 0 Å². The van der Waals surface area contributed by atoms with Gasteiger partial charge in [0.1, 0.15) is 0 Å². The van der Waals surface area contributed by atoms with E-state index in [2.05, 4.69) is 51.1 Å². The van der Waals surface area contributed by atoms with Gasteiger partial charge in [0, 0.05) is 5.41 Å². The highest BCUT2D eigenvalue weighted by Crippen LogP contribution is 2.51. The van der Waals surface area contributed by atoms with E-state index in [1.807, 2.05) is 0 Å². The molecule has 1 aliphatic rings. The largest absolute Gasteiger partial charge is 0.0619 e. The highest BCUT2D eigenvalue weighted by Gasteiger charge is 2.43. The van der Waals surface area contributed by atoms with Crippen molar-refractivity contribution in [2.75, 3.05) is 0 Å². The van der Waals surface area contributed by atoms with E-state index in [0.717, 1.165) is 0 Å². The third-order valence-electron chi connectivity index (χ3n) is 4.37. The van der Waals surface area contributed by atoms with Gasteiger partial charge < -0.3 is 0 Å². The molecule has 87 valence electrons. The number of rotatable bonds is 1. The molecule has 1 aromatic rings. The summed E-state index contributed by atoms with van der Waals surface area (Å²) in [6.07, 6.45) is 6.82. The Hall–Kier alpha value is -0.780. The highest BCUT2D eigenvalue weighted by atomic mass is 14.5. The lowest BCUT2D eigenvalue weighted by Gasteiger charge is -2.48. The Morgan fingerprint density at radius 1 is 1.06 bits per heavy atom. The van der Waals surface area contributed by atoms with Crippen LogP contribution in [0.25, 0.3) is 0 Å². The van der Waals surface area contributed by atoms with Crippen molar-refractivity contribution in [2.45, 2.75) is 58.3 Å². The Morgan fingerprint density at radius 2 is 1.75 bits per heavy atom. The summed E-state index contributed by atoms with van der Waals surface area (Å²) in [6, 6.07) is 12.1. The number of hydrogen-bond acceptors (Lipinski definition) is 0. The molecule has 0 aliphatic heterocycles. The molecule has 1 aromatic carbocycles. The van der Waals surface area contributed by atoms with Gasteiger partial charge in [0.05, 0.1) is 0 Å². The Morgan fingerprint density at radius 3 is 2.25 bits per heavy atom. The van der Waals surface area contributed by atoms with Crippen LogP contribution in [0, 0.1) is 11.5 Å². The summed E-state index contributed by atoms with van der Waals surface area (Å²) < 4.78 is 0. The van der Waals surface area contributed by atoms with Crippen LogP contribution in [0.3, 0.4) is 0 Å². The van der Waals surface area contributed by atoms with E-state index in [4.69, 9.17) is 0 Å². The van der Waals surface area contributed by atoms with Gasteiger partial charge in [-0.25, -0.2) is 0 Å². The molecule has 1 aliphatic carbocycles. The second kappa shape index (κ2) is 4.24. The fourth-order valence-corrected chi connectivity index (χ4v) is 3.27. The van der Waals surface area contributed by atoms with Gasteiger partial charge in [-0.3, -0.25) is 0 Å². The lowest BCUT2D eigenvalue weighted by Crippen LogP contribution is -2.41. The minimum absolute atomic E-state index is 0.339. The summed E-state index contributed by atoms with van der Waals surface area (Å²) in [4.78, 5) is 0. The lowest BCUT2D eigenvalue weighted by molar-refractivity contribution is 0.125. The molecule has 2 rings (SSSR count). The third-order valence-corrected chi connectivity index (χ3v) is 4.37. The van der Waals surface area contributed by atoms with Gasteiger partial charge in [-0.2, -0.15) is 0 Å². The van der Waals surface area contributed by atoms with Crippen LogP contribution in [-0.2, 0) is 5.41 Å². The molecular weight excluding hydrogens is 192 g/mol. The molecule has 1 saturated carbocycles. The van der Waals surface area contributed by atoms with E-state index in [-0.39, 0.29) is 0 Å². The molecule has 0 atom stereocenters. The molecule has 0 nitrogen and oxygen atoms in total. The van der Waals surface area contributed by atoms with Crippen molar-refractivity contribution < 1.29 is 0 Å². The van der Waals surface area contributed by atoms with Crippen molar-refractivity contribution in [1.82, 2.24) is 0 Å². The number of benzene rings is 1. The standard InChI is InChI=1S/C16H23/c1-15(2,3)16(12-8-5-9-13-16)14-10-6-4-7-11-14/h4,6-7,10H,5,8-9,12-13H2,1-3H3. The van der Waals surface area contributed by atoms with Crippen molar-refractivity contribution in [3.8, 4) is 0 Å². The van der Waals surface area contributed by atoms with E-state index in [1.165, 1.54) is 37.7 Å². The van der Waals surface area contributed by atoms with Gasteiger partial charge >= 0.3 is 0 Å². The van der Waals surface area contributed by atoms with E-state index in [9.17, 15) is 0 Å². The van der Waals surface area contributed by atoms with Crippen LogP contribution in [0.2, 0.25) is 0 Å². The molecule has 0 spiro atoms. The lowest BCUT2D eigenvalue weighted by atomic mass is 9.56. The molecule has 0 aromatic heterocycles. The first-order valence-electron chi connectivity index (χ1n) is 6.53. The second-order valence-corrected chi connectivity index (χ2v) is 6.17. The molecule has 0 bridgehead atoms. The molecular formula is C16H23. The molecule has 1 radical (unpaired) electrons. The van der Waals surface area contributed by atoms with Crippen molar-refractivity contribution >= 4 is 0 Å². The summed E-state index contributed by atoms with van der Waals surface area (Å²) in [5, 5.41) is 0. The van der Waals surface area contributed by atoms with Crippen LogP contribution in [0.5, 0.6) is 0 Å². The van der Waals surface area contributed by atoms with E-state index in [1.54, 1.807) is 0 Å². The predicted molar refractivity (Wildman–Crippen MR) is 69.5 cm³/mol. The minimum atomic E-state index is 0.339. The Kier molecular flexibility index (Phi) is 3.10. The Labute approximate surface area is 100 Å². The van der Waals surface area contributed by atoms with Crippen molar-refractivity contribution in [2.24, 2.45) is 5.41 Å². The topological polar surface area (TPSA) is 0 Å². The van der Waals surface area contributed by atoms with Crippen LogP contribution in [0.15, 0.2) is 24.3 Å². The zero-order valence-corrected chi connectivity index (χ0v) is 10.8. The van der Waals surface area contributed by atoms with Gasteiger partial charge in [-0.1, -0.05) is 64.3 Å². The zero-order valence-electron chi connectivity index (χ0n) is 10.8. The van der Waals surface area contributed by atoms with Crippen LogP contribution in [0.4, 0.5) is 0 Å². The van der Waals surface area contributed by atoms with E-state index in [0.29, 0.717) is 10.8 Å². The summed E-state index contributed by atoms with van der Waals surface area (Å²) in [5.41, 5.74) is 2.12. The van der Waals surface area contributed by atoms with Gasteiger partial charge in [0.2, 0.25) is 0 Å². The van der Waals surface area contributed by atoms with Crippen molar-refractivity contribution in [1.29, 1.82) is 0 Å². The first-order chi connectivity index (χ1) is 7.56. The fourth-order valence-electron chi connectivity index (χ4n) is 3.27. The fraction of sp³-hybridized carbons (Fsp3) is 0.625. The van der Waals surface area contributed by atoms with Crippen LogP contribution >= 0.6 is 0 Å². The first-order valence-corrected chi connectivity index (χ1v) is 6.53. The molecule has 0 heterocycles. The van der Waals surface area contributed by atoms with Gasteiger partial charge in [0.15, 0.2) is 0 Å². The van der Waals surface area contributed by atoms with Gasteiger partial charge in [-0.05, 0) is 29.9 Å². The normalized spacial score (nSPS) is 20.7. The SMILES string of the molecule is CC(C)(C)C1(c2[c]cccc2)CCCCC1. The summed E-state index contributed by atoms with van der Waals surface area (Å²) >= 11 is 0. The maximum absolute atomic E-state index is 3.49. The highest BCUT2D eigenvalue weighted by molar-refractivity contribution is 5.27. The smallest absolute Gasteiger partial charge is 0.000763 e. The molecule has 0 saturated heterocycles. The monoisotopic (exact) mass is 215 g/mol. The zero-order chi connectivity index (χ0) is 11.6. The molecule has 16 heavy (non-hydrogen) atoms. The van der Waals surface area contributed by atoms with E-state index < -0.39 is 0 Å². The summed E-state index contributed by atoms with van der Waals surface area (Å²) in [7, 11) is 0. The minimum Gasteiger partial charge on any atom is -0.0619 e. The molecule has 0 heteroatoms. The van der Waals surface area contributed by atoms with Crippen LogP contribution < -0.4 is 0 Å². The van der Waals surface area contributed by atoms with Crippen molar-refractivity contribution in [3.63, 3.8) is 0 Å². The maximum Gasteiger partial charge on any atom is 0.000763 e. The Balaban J connectivity index is 2.42. The number of hydrogen-bond donors (Lipinski definition) is 0. The van der Waals surface area contributed by atoms with Crippen LogP contribution in [-0.4, -0.2) is 0 Å². The average molecular weight is 215 g/mol. The predicted octanol–water partition coefficient (Wildman–Crippen LogP) is 4.73. The first kappa shape index (κ1) is 11.7. The van der Waals surface area contributed by atoms with Gasteiger partial charge in [0.25, 0.3) is 0 Å². The molecule has 0 N–H and O–H groups in total. The average Bonchev–Trinajstić information content (AvgIpc) is 2.30. The second-order valence-electron chi connectivity index (χ2n) is 6.17. The van der Waals surface area contributed by atoms with Gasteiger partial charge in [-0.15, -0.1) is 0 Å². The molecule has 0 amide bonds. The molecule has 1 fully saturated rings. The molecule has 0 unspecified atom stereocenters. The quantitative estimate of drug-likeness (QED) is 0.635. The summed E-state index contributed by atoms with van der Waals surface area (Å²) in [5.74, 6) is 0.